The Kier molecular flexibility index (Phi) is 4.29. The average molecular weight is 235 g/mol. The molecule has 0 radical (unpaired) electrons. The molecule has 0 amide bonds. The molecule has 0 fully saturated rings. The van der Waals surface area contributed by atoms with Crippen molar-refractivity contribution in [2.45, 2.75) is 25.4 Å². The Morgan fingerprint density at radius 1 is 1.12 bits per heavy atom. The van der Waals surface area contributed by atoms with Gasteiger partial charge in [-0.1, -0.05) is 0 Å². The Morgan fingerprint density at radius 2 is 1.81 bits per heavy atom. The van der Waals surface area contributed by atoms with Gasteiger partial charge in [0.2, 0.25) is 0 Å². The Balaban J connectivity index is 2.83. The molecule has 0 aromatic heterocycles. The quantitative estimate of drug-likeness (QED) is 0.629. The van der Waals surface area contributed by atoms with Crippen LogP contribution in [-0.4, -0.2) is 6.54 Å². The second-order valence-electron chi connectivity index (χ2n) is 3.55. The van der Waals surface area contributed by atoms with Gasteiger partial charge in [0.25, 0.3) is 0 Å². The first-order valence-corrected chi connectivity index (χ1v) is 5.01. The third kappa shape index (κ3) is 3.48. The third-order valence-corrected chi connectivity index (χ3v) is 2.27. The molecule has 0 heterocycles. The molecule has 16 heavy (non-hydrogen) atoms. The Hall–Kier alpha value is -1.10. The van der Waals surface area contributed by atoms with Crippen LogP contribution >= 0.6 is 0 Å². The molecule has 0 bridgehead atoms. The molecule has 90 valence electrons. The lowest BCUT2D eigenvalue weighted by atomic mass is 10.0. The van der Waals surface area contributed by atoms with E-state index in [4.69, 9.17) is 5.73 Å². The van der Waals surface area contributed by atoms with Gasteiger partial charge in [-0.3, -0.25) is 0 Å². The summed E-state index contributed by atoms with van der Waals surface area (Å²) in [4.78, 5) is 0. The van der Waals surface area contributed by atoms with Crippen molar-refractivity contribution in [1.29, 1.82) is 0 Å². The lowest BCUT2D eigenvalue weighted by molar-refractivity contribution is -0.137. The molecule has 1 aromatic rings. The van der Waals surface area contributed by atoms with Gasteiger partial charge >= 0.3 is 6.18 Å². The lowest BCUT2D eigenvalue weighted by Gasteiger charge is -2.09. The molecule has 0 saturated carbocycles. The number of benzene rings is 1. The van der Waals surface area contributed by atoms with Gasteiger partial charge in [0.15, 0.2) is 0 Å². The molecule has 1 rings (SSSR count). The zero-order valence-electron chi connectivity index (χ0n) is 8.65. The summed E-state index contributed by atoms with van der Waals surface area (Å²) in [6.45, 7) is 0.459. The lowest BCUT2D eigenvalue weighted by Crippen LogP contribution is -2.07. The molecule has 0 saturated heterocycles. The van der Waals surface area contributed by atoms with Crippen LogP contribution in [0.1, 0.15) is 24.0 Å². The van der Waals surface area contributed by atoms with E-state index in [1.54, 1.807) is 0 Å². The van der Waals surface area contributed by atoms with E-state index in [2.05, 4.69) is 0 Å². The van der Waals surface area contributed by atoms with E-state index in [-0.39, 0.29) is 12.0 Å². The summed E-state index contributed by atoms with van der Waals surface area (Å²) in [6.07, 6.45) is -2.87. The second kappa shape index (κ2) is 5.30. The fourth-order valence-corrected chi connectivity index (χ4v) is 1.40. The van der Waals surface area contributed by atoms with E-state index >= 15 is 0 Å². The van der Waals surface area contributed by atoms with Crippen molar-refractivity contribution in [3.8, 4) is 0 Å². The number of alkyl halides is 3. The van der Waals surface area contributed by atoms with E-state index in [9.17, 15) is 17.6 Å². The maximum atomic E-state index is 13.2. The van der Waals surface area contributed by atoms with Gasteiger partial charge in [-0.2, -0.15) is 13.2 Å². The zero-order chi connectivity index (χ0) is 12.2. The van der Waals surface area contributed by atoms with Crippen molar-refractivity contribution in [2.75, 3.05) is 6.54 Å². The minimum atomic E-state index is -4.42. The van der Waals surface area contributed by atoms with Crippen molar-refractivity contribution < 1.29 is 17.6 Å². The summed E-state index contributed by atoms with van der Waals surface area (Å²) in [5.74, 6) is -0.593. The molecule has 0 atom stereocenters. The summed E-state index contributed by atoms with van der Waals surface area (Å²) < 4.78 is 50.2. The van der Waals surface area contributed by atoms with Crippen LogP contribution in [0.25, 0.3) is 0 Å². The smallest absolute Gasteiger partial charge is 0.330 e. The SMILES string of the molecule is NCCCCc1cc(C(F)(F)F)ccc1F. The number of hydrogen-bond acceptors (Lipinski definition) is 1. The summed E-state index contributed by atoms with van der Waals surface area (Å²) >= 11 is 0. The van der Waals surface area contributed by atoms with Crippen LogP contribution in [0.4, 0.5) is 17.6 Å². The molecular formula is C11H13F4N. The molecule has 1 aromatic carbocycles. The molecule has 0 aliphatic heterocycles. The summed E-state index contributed by atoms with van der Waals surface area (Å²) in [5, 5.41) is 0. The largest absolute Gasteiger partial charge is 0.416 e. The number of nitrogens with two attached hydrogens (primary N) is 1. The summed E-state index contributed by atoms with van der Waals surface area (Å²) in [6, 6.07) is 2.48. The van der Waals surface area contributed by atoms with Crippen LogP contribution in [-0.2, 0) is 12.6 Å². The highest BCUT2D eigenvalue weighted by atomic mass is 19.4. The van der Waals surface area contributed by atoms with Gasteiger partial charge in [0.05, 0.1) is 5.56 Å². The minimum Gasteiger partial charge on any atom is -0.330 e. The van der Waals surface area contributed by atoms with Gasteiger partial charge in [0.1, 0.15) is 5.82 Å². The fraction of sp³-hybridized carbons (Fsp3) is 0.455. The Bertz CT molecular complexity index is 346. The molecule has 0 unspecified atom stereocenters. The normalized spacial score (nSPS) is 11.8. The molecule has 0 aliphatic rings. The molecule has 5 heteroatoms. The predicted octanol–water partition coefficient (Wildman–Crippen LogP) is 3.13. The highest BCUT2D eigenvalue weighted by molar-refractivity contribution is 5.27. The van der Waals surface area contributed by atoms with Crippen molar-refractivity contribution in [2.24, 2.45) is 5.73 Å². The minimum absolute atomic E-state index is 0.100. The molecular weight excluding hydrogens is 222 g/mol. The standard InChI is InChI=1S/C11H13F4N/c12-10-5-4-9(11(13,14)15)7-8(10)3-1-2-6-16/h4-5,7H,1-3,6,16H2. The highest BCUT2D eigenvalue weighted by Gasteiger charge is 2.30. The number of rotatable bonds is 4. The Morgan fingerprint density at radius 3 is 2.38 bits per heavy atom. The van der Waals surface area contributed by atoms with E-state index in [1.165, 1.54) is 0 Å². The van der Waals surface area contributed by atoms with E-state index in [1.807, 2.05) is 0 Å². The van der Waals surface area contributed by atoms with Crippen LogP contribution in [0.15, 0.2) is 18.2 Å². The maximum Gasteiger partial charge on any atom is 0.416 e. The van der Waals surface area contributed by atoms with Crippen molar-refractivity contribution in [3.63, 3.8) is 0 Å². The topological polar surface area (TPSA) is 26.0 Å². The predicted molar refractivity (Wildman–Crippen MR) is 53.4 cm³/mol. The summed E-state index contributed by atoms with van der Waals surface area (Å²) in [5.41, 5.74) is 4.55. The number of halogens is 4. The Labute approximate surface area is 91.3 Å². The monoisotopic (exact) mass is 235 g/mol. The van der Waals surface area contributed by atoms with Gasteiger partial charge in [-0.15, -0.1) is 0 Å². The first-order chi connectivity index (χ1) is 7.45. The van der Waals surface area contributed by atoms with Crippen LogP contribution in [0.5, 0.6) is 0 Å². The molecule has 0 aliphatic carbocycles. The average Bonchev–Trinajstić information content (AvgIpc) is 2.19. The van der Waals surface area contributed by atoms with Gasteiger partial charge in [0, 0.05) is 0 Å². The van der Waals surface area contributed by atoms with E-state index in [0.717, 1.165) is 18.2 Å². The first-order valence-electron chi connectivity index (χ1n) is 5.01. The zero-order valence-corrected chi connectivity index (χ0v) is 8.65. The van der Waals surface area contributed by atoms with Gasteiger partial charge in [-0.25, -0.2) is 4.39 Å². The van der Waals surface area contributed by atoms with Gasteiger partial charge < -0.3 is 5.73 Å². The second-order valence-corrected chi connectivity index (χ2v) is 3.55. The number of unbranched alkanes of at least 4 members (excludes halogenated alkanes) is 1. The highest BCUT2D eigenvalue weighted by Crippen LogP contribution is 2.30. The van der Waals surface area contributed by atoms with Gasteiger partial charge in [-0.05, 0) is 49.6 Å². The molecule has 1 nitrogen and oxygen atoms in total. The first kappa shape index (κ1) is 13.0. The number of hydrogen-bond donors (Lipinski definition) is 1. The number of aryl methyl sites for hydroxylation is 1. The van der Waals surface area contributed by atoms with Crippen molar-refractivity contribution in [1.82, 2.24) is 0 Å². The maximum absolute atomic E-state index is 13.2. The van der Waals surface area contributed by atoms with Crippen LogP contribution in [0.3, 0.4) is 0 Å². The van der Waals surface area contributed by atoms with Crippen LogP contribution in [0.2, 0.25) is 0 Å². The summed E-state index contributed by atoms with van der Waals surface area (Å²) in [7, 11) is 0. The third-order valence-electron chi connectivity index (χ3n) is 2.27. The van der Waals surface area contributed by atoms with E-state index < -0.39 is 17.6 Å². The fourth-order valence-electron chi connectivity index (χ4n) is 1.40. The molecule has 2 N–H and O–H groups in total. The molecule has 0 spiro atoms. The van der Waals surface area contributed by atoms with Crippen molar-refractivity contribution >= 4 is 0 Å². The van der Waals surface area contributed by atoms with E-state index in [0.29, 0.717) is 19.4 Å². The van der Waals surface area contributed by atoms with Crippen LogP contribution < -0.4 is 5.73 Å². The van der Waals surface area contributed by atoms with Crippen molar-refractivity contribution in [3.05, 3.63) is 35.1 Å². The van der Waals surface area contributed by atoms with Crippen LogP contribution in [0, 0.1) is 5.82 Å².